The molecule has 0 saturated heterocycles. The van der Waals surface area contributed by atoms with E-state index in [1.165, 1.54) is 32.4 Å². The second-order valence-electron chi connectivity index (χ2n) is 7.07. The molecule has 0 radical (unpaired) electrons. The lowest BCUT2D eigenvalue weighted by atomic mass is 9.93. The summed E-state index contributed by atoms with van der Waals surface area (Å²) in [7, 11) is 3.08. The Morgan fingerprint density at radius 2 is 1.44 bits per heavy atom. The van der Waals surface area contributed by atoms with Crippen molar-refractivity contribution in [3.8, 4) is 0 Å². The van der Waals surface area contributed by atoms with Crippen LogP contribution in [0.3, 0.4) is 0 Å². The van der Waals surface area contributed by atoms with E-state index in [0.29, 0.717) is 36.8 Å². The molecule has 0 fully saturated rings. The first kappa shape index (κ1) is 23.5. The molecule has 9 heteroatoms. The third-order valence-electron chi connectivity index (χ3n) is 5.01. The van der Waals surface area contributed by atoms with E-state index < -0.39 is 29.2 Å². The first-order chi connectivity index (χ1) is 15.3. The van der Waals surface area contributed by atoms with Crippen LogP contribution in [-0.4, -0.2) is 57.2 Å². The van der Waals surface area contributed by atoms with Crippen molar-refractivity contribution in [2.75, 3.05) is 45.4 Å². The van der Waals surface area contributed by atoms with Crippen molar-refractivity contribution in [1.29, 1.82) is 0 Å². The van der Waals surface area contributed by atoms with Gasteiger partial charge in [-0.2, -0.15) is 13.2 Å². The van der Waals surface area contributed by atoms with Crippen LogP contribution in [0.4, 0.5) is 18.9 Å². The molecule has 0 aliphatic carbocycles. The third kappa shape index (κ3) is 4.84. The SMILES string of the molecule is COCCN(C=C1C(=O)N(c2ccccc2C(F)(F)F)C(=O)c2ccccc21)CCOC. The second-order valence-corrected chi connectivity index (χ2v) is 7.07. The van der Waals surface area contributed by atoms with Crippen LogP contribution in [0.1, 0.15) is 21.5 Å². The molecule has 32 heavy (non-hydrogen) atoms. The highest BCUT2D eigenvalue weighted by atomic mass is 19.4. The fourth-order valence-electron chi connectivity index (χ4n) is 3.45. The molecule has 170 valence electrons. The number of amides is 2. The van der Waals surface area contributed by atoms with Gasteiger partial charge in [-0.3, -0.25) is 9.59 Å². The molecule has 1 aliphatic rings. The van der Waals surface area contributed by atoms with Crippen LogP contribution in [0.2, 0.25) is 0 Å². The first-order valence-corrected chi connectivity index (χ1v) is 9.87. The van der Waals surface area contributed by atoms with E-state index in [2.05, 4.69) is 0 Å². The minimum absolute atomic E-state index is 0.115. The number of para-hydroxylation sites is 1. The van der Waals surface area contributed by atoms with Gasteiger partial charge in [-0.15, -0.1) is 0 Å². The average Bonchev–Trinajstić information content (AvgIpc) is 2.77. The van der Waals surface area contributed by atoms with Crippen molar-refractivity contribution in [2.45, 2.75) is 6.18 Å². The Bertz CT molecular complexity index is 1010. The molecular weight excluding hydrogens is 425 g/mol. The van der Waals surface area contributed by atoms with Gasteiger partial charge in [0.1, 0.15) is 0 Å². The number of carbonyl (C=O) groups is 2. The van der Waals surface area contributed by atoms with Gasteiger partial charge in [-0.05, 0) is 18.2 Å². The summed E-state index contributed by atoms with van der Waals surface area (Å²) in [5.41, 5.74) is -0.937. The highest BCUT2D eigenvalue weighted by molar-refractivity contribution is 6.41. The number of hydrogen-bond donors (Lipinski definition) is 0. The van der Waals surface area contributed by atoms with E-state index in [4.69, 9.17) is 9.47 Å². The predicted octanol–water partition coefficient (Wildman–Crippen LogP) is 3.83. The van der Waals surface area contributed by atoms with Crippen molar-refractivity contribution < 1.29 is 32.2 Å². The molecule has 2 aromatic rings. The van der Waals surface area contributed by atoms with Crippen molar-refractivity contribution in [2.24, 2.45) is 0 Å². The second kappa shape index (κ2) is 9.97. The van der Waals surface area contributed by atoms with Crippen LogP contribution in [0.15, 0.2) is 54.7 Å². The number of hydrogen-bond acceptors (Lipinski definition) is 5. The monoisotopic (exact) mass is 448 g/mol. The number of imide groups is 1. The summed E-state index contributed by atoms with van der Waals surface area (Å²) in [6, 6.07) is 10.9. The quantitative estimate of drug-likeness (QED) is 0.454. The van der Waals surface area contributed by atoms with Gasteiger partial charge in [0, 0.05) is 44.6 Å². The number of fused-ring (bicyclic) bond motifs is 1. The number of ether oxygens (including phenoxy) is 2. The topological polar surface area (TPSA) is 59.1 Å². The number of benzene rings is 2. The molecule has 0 bridgehead atoms. The molecule has 1 aliphatic heterocycles. The summed E-state index contributed by atoms with van der Waals surface area (Å²) in [4.78, 5) is 29.0. The van der Waals surface area contributed by atoms with E-state index in [-0.39, 0.29) is 11.1 Å². The fourth-order valence-corrected chi connectivity index (χ4v) is 3.45. The van der Waals surface area contributed by atoms with Crippen LogP contribution in [0, 0.1) is 0 Å². The largest absolute Gasteiger partial charge is 0.418 e. The zero-order valence-corrected chi connectivity index (χ0v) is 17.7. The maximum absolute atomic E-state index is 13.6. The van der Waals surface area contributed by atoms with Gasteiger partial charge < -0.3 is 14.4 Å². The molecule has 0 atom stereocenters. The van der Waals surface area contributed by atoms with E-state index in [1.807, 2.05) is 0 Å². The highest BCUT2D eigenvalue weighted by Gasteiger charge is 2.41. The van der Waals surface area contributed by atoms with Crippen LogP contribution in [0.5, 0.6) is 0 Å². The van der Waals surface area contributed by atoms with Crippen molar-refractivity contribution in [3.63, 3.8) is 0 Å². The minimum atomic E-state index is -4.74. The van der Waals surface area contributed by atoms with Crippen LogP contribution in [-0.2, 0) is 20.4 Å². The summed E-state index contributed by atoms with van der Waals surface area (Å²) in [5.74, 6) is -1.63. The maximum atomic E-state index is 13.6. The molecular formula is C23H23F3N2O4. The van der Waals surface area contributed by atoms with E-state index >= 15 is 0 Å². The fraction of sp³-hybridized carbons (Fsp3) is 0.304. The Balaban J connectivity index is 2.15. The summed E-state index contributed by atoms with van der Waals surface area (Å²) < 4.78 is 51.1. The van der Waals surface area contributed by atoms with Gasteiger partial charge in [0.2, 0.25) is 0 Å². The summed E-state index contributed by atoms with van der Waals surface area (Å²) in [6.07, 6.45) is -3.18. The van der Waals surface area contributed by atoms with E-state index in [1.54, 1.807) is 29.3 Å². The summed E-state index contributed by atoms with van der Waals surface area (Å²) >= 11 is 0. The lowest BCUT2D eigenvalue weighted by Crippen LogP contribution is -2.43. The minimum Gasteiger partial charge on any atom is -0.383 e. The molecule has 0 spiro atoms. The smallest absolute Gasteiger partial charge is 0.383 e. The molecule has 2 aromatic carbocycles. The molecule has 0 saturated carbocycles. The Hall–Kier alpha value is -3.17. The highest BCUT2D eigenvalue weighted by Crippen LogP contribution is 2.40. The molecule has 0 unspecified atom stereocenters. The van der Waals surface area contributed by atoms with Crippen LogP contribution in [0.25, 0.3) is 5.57 Å². The number of anilines is 1. The number of rotatable bonds is 8. The molecule has 0 aromatic heterocycles. The molecule has 6 nitrogen and oxygen atoms in total. The van der Waals surface area contributed by atoms with E-state index in [0.717, 1.165) is 12.1 Å². The van der Waals surface area contributed by atoms with Gasteiger partial charge in [0.25, 0.3) is 11.8 Å². The Morgan fingerprint density at radius 3 is 2.03 bits per heavy atom. The zero-order valence-electron chi connectivity index (χ0n) is 17.7. The van der Waals surface area contributed by atoms with Gasteiger partial charge in [0.15, 0.2) is 0 Å². The number of carbonyl (C=O) groups excluding carboxylic acids is 2. The summed E-state index contributed by atoms with van der Waals surface area (Å²) in [6.45, 7) is 1.57. The Kier molecular flexibility index (Phi) is 7.32. The van der Waals surface area contributed by atoms with Crippen LogP contribution >= 0.6 is 0 Å². The van der Waals surface area contributed by atoms with Crippen molar-refractivity contribution >= 4 is 23.1 Å². The third-order valence-corrected chi connectivity index (χ3v) is 5.01. The van der Waals surface area contributed by atoms with Crippen molar-refractivity contribution in [3.05, 3.63) is 71.4 Å². The molecule has 1 heterocycles. The standard InChI is InChI=1S/C23H23F3N2O4/c1-31-13-11-27(12-14-32-2)15-18-16-7-3-4-8-17(16)21(29)28(22(18)30)20-10-6-5-9-19(20)23(24,25)26/h3-10,15H,11-14H2,1-2H3. The first-order valence-electron chi connectivity index (χ1n) is 9.87. The van der Waals surface area contributed by atoms with Gasteiger partial charge >= 0.3 is 6.18 Å². The predicted molar refractivity (Wildman–Crippen MR) is 113 cm³/mol. The molecule has 3 rings (SSSR count). The number of halogens is 3. The van der Waals surface area contributed by atoms with Gasteiger partial charge in [-0.1, -0.05) is 30.3 Å². The number of nitrogens with zero attached hydrogens (tertiary/aromatic N) is 2. The van der Waals surface area contributed by atoms with Crippen LogP contribution < -0.4 is 4.90 Å². The number of methoxy groups -OCH3 is 2. The lowest BCUT2D eigenvalue weighted by Gasteiger charge is -2.31. The number of alkyl halides is 3. The average molecular weight is 448 g/mol. The summed E-state index contributed by atoms with van der Waals surface area (Å²) in [5, 5.41) is 0. The van der Waals surface area contributed by atoms with Crippen molar-refractivity contribution in [1.82, 2.24) is 4.90 Å². The zero-order chi connectivity index (χ0) is 23.3. The van der Waals surface area contributed by atoms with Gasteiger partial charge in [-0.25, -0.2) is 4.90 Å². The maximum Gasteiger partial charge on any atom is 0.418 e. The molecule has 2 amide bonds. The molecule has 0 N–H and O–H groups in total. The Morgan fingerprint density at radius 1 is 0.875 bits per heavy atom. The van der Waals surface area contributed by atoms with E-state index in [9.17, 15) is 22.8 Å². The Labute approximate surface area is 183 Å². The van der Waals surface area contributed by atoms with Gasteiger partial charge in [0.05, 0.1) is 30.0 Å². The lowest BCUT2D eigenvalue weighted by molar-refractivity contribution is -0.137. The normalized spacial score (nSPS) is 15.3.